The minimum absolute atomic E-state index is 0.0396. The maximum Gasteiger partial charge on any atom is 0.314 e. The molecule has 0 radical (unpaired) electrons. The van der Waals surface area contributed by atoms with Crippen molar-refractivity contribution < 1.29 is 39.1 Å². The molecule has 0 spiro atoms. The minimum Gasteiger partial charge on any atom is -0.481 e. The molecule has 8 nitrogen and oxygen atoms in total. The van der Waals surface area contributed by atoms with Crippen LogP contribution in [0.1, 0.15) is 113 Å². The van der Waals surface area contributed by atoms with E-state index in [1.807, 2.05) is 0 Å². The second-order valence-corrected chi connectivity index (χ2v) is 17.0. The molecule has 0 bridgehead atoms. The molecule has 0 aromatic rings. The lowest BCUT2D eigenvalue weighted by Crippen LogP contribution is -2.65. The van der Waals surface area contributed by atoms with Crippen LogP contribution in [0.3, 0.4) is 0 Å². The number of hydrogen-bond acceptors (Lipinski definition) is 7. The molecule has 4 fully saturated rings. The van der Waals surface area contributed by atoms with Gasteiger partial charge in [0.2, 0.25) is 0 Å². The predicted octanol–water partition coefficient (Wildman–Crippen LogP) is 6.19. The Balaban J connectivity index is 1.31. The second-order valence-electron chi connectivity index (χ2n) is 17.0. The van der Waals surface area contributed by atoms with Gasteiger partial charge in [-0.3, -0.25) is 9.59 Å². The number of hydrogen-bond donors (Lipinski definition) is 3. The average Bonchev–Trinajstić information content (AvgIpc) is 2.96. The first-order valence-electron chi connectivity index (χ1n) is 17.4. The van der Waals surface area contributed by atoms with Crippen molar-refractivity contribution in [1.82, 2.24) is 0 Å². The SMILES string of the molecule is CC(=O)O[C@H]1[C@H](O[C@H]2CC[C@]3(C)[C@H]4CC=C5C6=C(C)[C@@H](C)CC[C@]6(C(=O)O)CC[C@@]5(C)[C@]4(C)CC[C@H]3C2(C)C)OC[C@H](O)[C@@H]1O. The van der Waals surface area contributed by atoms with Crippen molar-refractivity contribution in [3.05, 3.63) is 22.8 Å². The molecular weight excluding hydrogens is 572 g/mol. The summed E-state index contributed by atoms with van der Waals surface area (Å²) in [6, 6.07) is 0. The van der Waals surface area contributed by atoms with Crippen LogP contribution in [0.25, 0.3) is 0 Å². The van der Waals surface area contributed by atoms with Gasteiger partial charge in [0.05, 0.1) is 18.1 Å². The van der Waals surface area contributed by atoms with Gasteiger partial charge < -0.3 is 29.5 Å². The summed E-state index contributed by atoms with van der Waals surface area (Å²) in [6.45, 7) is 17.7. The monoisotopic (exact) mass is 628 g/mol. The molecule has 0 unspecified atom stereocenters. The third-order valence-electron chi connectivity index (χ3n) is 14.8. The quantitative estimate of drug-likeness (QED) is 0.249. The topological polar surface area (TPSA) is 123 Å². The summed E-state index contributed by atoms with van der Waals surface area (Å²) in [4.78, 5) is 24.8. The number of carbonyl (C=O) groups is 2. The Morgan fingerprint density at radius 2 is 1.67 bits per heavy atom. The Kier molecular flexibility index (Phi) is 8.03. The fraction of sp³-hybridized carbons (Fsp3) is 0.838. The molecule has 0 aromatic carbocycles. The predicted molar refractivity (Wildman–Crippen MR) is 169 cm³/mol. The maximum absolute atomic E-state index is 13.0. The Labute approximate surface area is 269 Å². The second kappa shape index (κ2) is 10.9. The summed E-state index contributed by atoms with van der Waals surface area (Å²) in [5.74, 6) is 0.0402. The fourth-order valence-electron chi connectivity index (χ4n) is 11.8. The Hall–Kier alpha value is -1.74. The van der Waals surface area contributed by atoms with Crippen LogP contribution >= 0.6 is 0 Å². The van der Waals surface area contributed by atoms with Gasteiger partial charge in [-0.25, -0.2) is 0 Å². The Morgan fingerprint density at radius 1 is 0.956 bits per heavy atom. The minimum atomic E-state index is -1.27. The van der Waals surface area contributed by atoms with E-state index in [1.165, 1.54) is 18.1 Å². The number of carbonyl (C=O) groups excluding carboxylic acids is 1. The highest BCUT2D eigenvalue weighted by molar-refractivity contribution is 5.82. The lowest BCUT2D eigenvalue weighted by atomic mass is 9.34. The van der Waals surface area contributed by atoms with Crippen molar-refractivity contribution in [2.45, 2.75) is 144 Å². The van der Waals surface area contributed by atoms with E-state index in [0.717, 1.165) is 56.9 Å². The molecule has 6 rings (SSSR count). The third kappa shape index (κ3) is 4.58. The third-order valence-corrected chi connectivity index (χ3v) is 14.8. The van der Waals surface area contributed by atoms with Crippen LogP contribution in [0, 0.1) is 44.8 Å². The van der Waals surface area contributed by atoms with Crippen LogP contribution in [0.4, 0.5) is 0 Å². The first kappa shape index (κ1) is 33.2. The highest BCUT2D eigenvalue weighted by Crippen LogP contribution is 2.75. The molecule has 1 heterocycles. The Bertz CT molecular complexity index is 1300. The van der Waals surface area contributed by atoms with Crippen LogP contribution < -0.4 is 0 Å². The zero-order chi connectivity index (χ0) is 32.9. The van der Waals surface area contributed by atoms with Gasteiger partial charge in [-0.15, -0.1) is 0 Å². The normalized spacial score (nSPS) is 49.1. The summed E-state index contributed by atoms with van der Waals surface area (Å²) in [5, 5.41) is 31.5. The van der Waals surface area contributed by atoms with Gasteiger partial charge in [-0.05, 0) is 115 Å². The summed E-state index contributed by atoms with van der Waals surface area (Å²) in [6.07, 6.45) is 6.03. The number of allylic oxidation sites excluding steroid dienone is 3. The molecule has 1 aliphatic heterocycles. The number of carboxylic acids is 1. The van der Waals surface area contributed by atoms with Gasteiger partial charge in [0.1, 0.15) is 12.2 Å². The summed E-state index contributed by atoms with van der Waals surface area (Å²) >= 11 is 0. The van der Waals surface area contributed by atoms with Crippen molar-refractivity contribution in [3.63, 3.8) is 0 Å². The average molecular weight is 629 g/mol. The molecule has 6 aliphatic rings. The zero-order valence-electron chi connectivity index (χ0n) is 28.7. The zero-order valence-corrected chi connectivity index (χ0v) is 28.7. The molecule has 0 aromatic heterocycles. The van der Waals surface area contributed by atoms with Gasteiger partial charge in [-0.2, -0.15) is 0 Å². The highest BCUT2D eigenvalue weighted by Gasteiger charge is 2.68. The number of rotatable bonds is 4. The van der Waals surface area contributed by atoms with Crippen LogP contribution in [0.15, 0.2) is 22.8 Å². The van der Waals surface area contributed by atoms with E-state index in [0.29, 0.717) is 24.2 Å². The van der Waals surface area contributed by atoms with Gasteiger partial charge >= 0.3 is 11.9 Å². The summed E-state index contributed by atoms with van der Waals surface area (Å²) in [7, 11) is 0. The standard InChI is InChI=1S/C37H56O8/c1-20-11-16-37(32(41)42)18-17-35(7)23(28(37)21(20)2)9-10-26-34(6)14-13-27(33(4,5)25(34)12-15-36(26,35)8)45-31-30(44-22(3)38)29(40)24(39)19-43-31/h9,20,24-27,29-31,39-40H,10-19H2,1-8H3,(H,41,42)/t20-,24-,25-,26+,27-,29-,30+,31-,34-,35+,36+,37-/m0/s1. The maximum atomic E-state index is 13.0. The number of aliphatic carboxylic acids is 1. The molecule has 3 saturated carbocycles. The largest absolute Gasteiger partial charge is 0.481 e. The lowest BCUT2D eigenvalue weighted by molar-refractivity contribution is -0.310. The van der Waals surface area contributed by atoms with E-state index in [9.17, 15) is 24.9 Å². The first-order valence-corrected chi connectivity index (χ1v) is 17.4. The lowest BCUT2D eigenvalue weighted by Gasteiger charge is -2.70. The van der Waals surface area contributed by atoms with E-state index < -0.39 is 42.0 Å². The van der Waals surface area contributed by atoms with Gasteiger partial charge in [-0.1, -0.05) is 53.2 Å². The number of fused-ring (bicyclic) bond motifs is 7. The van der Waals surface area contributed by atoms with Crippen molar-refractivity contribution in [2.24, 2.45) is 44.8 Å². The molecule has 1 saturated heterocycles. The smallest absolute Gasteiger partial charge is 0.314 e. The van der Waals surface area contributed by atoms with Crippen molar-refractivity contribution >= 4 is 11.9 Å². The van der Waals surface area contributed by atoms with E-state index >= 15 is 0 Å². The molecule has 252 valence electrons. The van der Waals surface area contributed by atoms with Crippen molar-refractivity contribution in [3.8, 4) is 0 Å². The Morgan fingerprint density at radius 3 is 2.33 bits per heavy atom. The van der Waals surface area contributed by atoms with Crippen LogP contribution in [-0.4, -0.2) is 64.6 Å². The molecular formula is C37H56O8. The number of esters is 1. The highest BCUT2D eigenvalue weighted by atomic mass is 16.7. The number of carboxylic acid groups (broad SMARTS) is 1. The van der Waals surface area contributed by atoms with Crippen LogP contribution in [-0.2, 0) is 23.8 Å². The van der Waals surface area contributed by atoms with E-state index in [-0.39, 0.29) is 34.4 Å². The number of ether oxygens (including phenoxy) is 3. The first-order chi connectivity index (χ1) is 20.9. The molecule has 12 atom stereocenters. The molecule has 3 N–H and O–H groups in total. The van der Waals surface area contributed by atoms with Gasteiger partial charge in [0, 0.05) is 6.92 Å². The van der Waals surface area contributed by atoms with Crippen LogP contribution in [0.5, 0.6) is 0 Å². The van der Waals surface area contributed by atoms with E-state index in [2.05, 4.69) is 54.5 Å². The van der Waals surface area contributed by atoms with E-state index in [4.69, 9.17) is 14.2 Å². The number of aliphatic hydroxyl groups excluding tert-OH is 2. The van der Waals surface area contributed by atoms with Crippen molar-refractivity contribution in [1.29, 1.82) is 0 Å². The molecule has 8 heteroatoms. The molecule has 0 amide bonds. The molecule has 5 aliphatic carbocycles. The fourth-order valence-corrected chi connectivity index (χ4v) is 11.8. The summed E-state index contributed by atoms with van der Waals surface area (Å²) < 4.78 is 17.8. The van der Waals surface area contributed by atoms with E-state index in [1.54, 1.807) is 0 Å². The van der Waals surface area contributed by atoms with Gasteiger partial charge in [0.15, 0.2) is 12.4 Å². The summed E-state index contributed by atoms with van der Waals surface area (Å²) in [5.41, 5.74) is 2.83. The number of aliphatic hydroxyl groups is 2. The molecule has 45 heavy (non-hydrogen) atoms. The van der Waals surface area contributed by atoms with Crippen LogP contribution in [0.2, 0.25) is 0 Å². The van der Waals surface area contributed by atoms with Gasteiger partial charge in [0.25, 0.3) is 0 Å². The van der Waals surface area contributed by atoms with Crippen molar-refractivity contribution in [2.75, 3.05) is 6.61 Å².